The summed E-state index contributed by atoms with van der Waals surface area (Å²) in [5.74, 6) is 0.742. The summed E-state index contributed by atoms with van der Waals surface area (Å²) in [4.78, 5) is 19.5. The third-order valence-corrected chi connectivity index (χ3v) is 5.78. The molecule has 0 saturated carbocycles. The van der Waals surface area contributed by atoms with E-state index in [-0.39, 0.29) is 5.91 Å². The van der Waals surface area contributed by atoms with Gasteiger partial charge < -0.3 is 19.4 Å². The minimum absolute atomic E-state index is 0.139. The second-order valence-electron chi connectivity index (χ2n) is 7.70. The van der Waals surface area contributed by atoms with Gasteiger partial charge in [-0.1, -0.05) is 0 Å². The van der Waals surface area contributed by atoms with E-state index < -0.39 is 0 Å². The maximum absolute atomic E-state index is 12.7. The summed E-state index contributed by atoms with van der Waals surface area (Å²) in [5.41, 5.74) is 2.04. The summed E-state index contributed by atoms with van der Waals surface area (Å²) in [7, 11) is 3.69. The van der Waals surface area contributed by atoms with E-state index in [0.717, 1.165) is 64.3 Å². The number of carbonyl (C=O) groups is 1. The number of likely N-dealkylation sites (tertiary alicyclic amines) is 1. The molecule has 2 aliphatic heterocycles. The van der Waals surface area contributed by atoms with Crippen LogP contribution in [0.4, 0.5) is 5.69 Å². The van der Waals surface area contributed by atoms with Crippen LogP contribution in [0.2, 0.25) is 0 Å². The maximum atomic E-state index is 12.7. The van der Waals surface area contributed by atoms with Gasteiger partial charge >= 0.3 is 0 Å². The van der Waals surface area contributed by atoms with Crippen LogP contribution in [0.15, 0.2) is 24.3 Å². The standard InChI is InChI=1S/C21H33N3O2/c1-22(17-18-9-13-23(14-10-18)15-16-26-2)21(25)19-5-7-20(8-6-19)24-11-3-4-12-24/h5-8,18H,3-4,9-17H2,1-2H3. The molecule has 26 heavy (non-hydrogen) atoms. The van der Waals surface area contributed by atoms with Crippen molar-refractivity contribution in [1.82, 2.24) is 9.80 Å². The molecule has 1 aromatic rings. The third kappa shape index (κ3) is 4.98. The Balaban J connectivity index is 1.47. The SMILES string of the molecule is COCCN1CCC(CN(C)C(=O)c2ccc(N3CCCC3)cc2)CC1. The molecule has 3 rings (SSSR count). The first kappa shape index (κ1) is 19.2. The second kappa shape index (κ2) is 9.38. The Labute approximate surface area is 157 Å². The highest BCUT2D eigenvalue weighted by atomic mass is 16.5. The molecule has 0 unspecified atom stereocenters. The second-order valence-corrected chi connectivity index (χ2v) is 7.70. The summed E-state index contributed by atoms with van der Waals surface area (Å²) < 4.78 is 5.16. The topological polar surface area (TPSA) is 36.0 Å². The molecule has 2 saturated heterocycles. The number of benzene rings is 1. The molecule has 5 heteroatoms. The molecule has 144 valence electrons. The smallest absolute Gasteiger partial charge is 0.253 e. The summed E-state index contributed by atoms with van der Waals surface area (Å²) in [6.07, 6.45) is 4.87. The number of amides is 1. The van der Waals surface area contributed by atoms with Gasteiger partial charge in [0.15, 0.2) is 0 Å². The maximum Gasteiger partial charge on any atom is 0.253 e. The molecule has 0 radical (unpaired) electrons. The van der Waals surface area contributed by atoms with Crippen molar-refractivity contribution in [2.24, 2.45) is 5.92 Å². The summed E-state index contributed by atoms with van der Waals surface area (Å²) in [6, 6.07) is 8.17. The zero-order valence-corrected chi connectivity index (χ0v) is 16.3. The number of nitrogens with zero attached hydrogens (tertiary/aromatic N) is 3. The molecule has 0 aromatic heterocycles. The van der Waals surface area contributed by atoms with Gasteiger partial charge in [0, 0.05) is 51.6 Å². The number of hydrogen-bond donors (Lipinski definition) is 0. The van der Waals surface area contributed by atoms with E-state index in [4.69, 9.17) is 4.74 Å². The Hall–Kier alpha value is -1.59. The summed E-state index contributed by atoms with van der Waals surface area (Å²) in [5, 5.41) is 0. The predicted octanol–water partition coefficient (Wildman–Crippen LogP) is 2.72. The Morgan fingerprint density at radius 1 is 1.12 bits per heavy atom. The van der Waals surface area contributed by atoms with Gasteiger partial charge in [-0.15, -0.1) is 0 Å². The molecular weight excluding hydrogens is 326 g/mol. The Bertz CT molecular complexity index is 561. The molecule has 2 aliphatic rings. The highest BCUT2D eigenvalue weighted by Gasteiger charge is 2.22. The van der Waals surface area contributed by atoms with Crippen molar-refractivity contribution in [2.45, 2.75) is 25.7 Å². The first-order chi connectivity index (χ1) is 12.7. The molecule has 1 amide bonds. The largest absolute Gasteiger partial charge is 0.383 e. The normalized spacial score (nSPS) is 19.1. The molecule has 1 aromatic carbocycles. The van der Waals surface area contributed by atoms with Gasteiger partial charge in [0.05, 0.1) is 6.61 Å². The summed E-state index contributed by atoms with van der Waals surface area (Å²) >= 11 is 0. The quantitative estimate of drug-likeness (QED) is 0.750. The predicted molar refractivity (Wildman–Crippen MR) is 106 cm³/mol. The first-order valence-electron chi connectivity index (χ1n) is 9.99. The molecule has 2 fully saturated rings. The van der Waals surface area contributed by atoms with Crippen LogP contribution in [-0.4, -0.2) is 75.7 Å². The average Bonchev–Trinajstić information content (AvgIpc) is 3.22. The van der Waals surface area contributed by atoms with E-state index >= 15 is 0 Å². The van der Waals surface area contributed by atoms with Gasteiger partial charge in [0.1, 0.15) is 0 Å². The van der Waals surface area contributed by atoms with Crippen LogP contribution in [0, 0.1) is 5.92 Å². The van der Waals surface area contributed by atoms with Crippen molar-refractivity contribution < 1.29 is 9.53 Å². The molecule has 0 spiro atoms. The lowest BCUT2D eigenvalue weighted by Gasteiger charge is -2.33. The number of carbonyl (C=O) groups excluding carboxylic acids is 1. The fraction of sp³-hybridized carbons (Fsp3) is 0.667. The van der Waals surface area contributed by atoms with E-state index in [1.54, 1.807) is 7.11 Å². The van der Waals surface area contributed by atoms with Crippen molar-refractivity contribution in [3.63, 3.8) is 0 Å². The Morgan fingerprint density at radius 2 is 1.77 bits per heavy atom. The fourth-order valence-electron chi connectivity index (χ4n) is 4.09. The van der Waals surface area contributed by atoms with E-state index in [9.17, 15) is 4.79 Å². The van der Waals surface area contributed by atoms with Crippen molar-refractivity contribution in [3.8, 4) is 0 Å². The average molecular weight is 360 g/mol. The summed E-state index contributed by atoms with van der Waals surface area (Å²) in [6.45, 7) is 7.16. The van der Waals surface area contributed by atoms with E-state index in [2.05, 4.69) is 21.9 Å². The van der Waals surface area contributed by atoms with Crippen LogP contribution in [-0.2, 0) is 4.74 Å². The van der Waals surface area contributed by atoms with Crippen LogP contribution < -0.4 is 4.90 Å². The minimum atomic E-state index is 0.139. The third-order valence-electron chi connectivity index (χ3n) is 5.78. The zero-order chi connectivity index (χ0) is 18.4. The van der Waals surface area contributed by atoms with Crippen molar-refractivity contribution in [1.29, 1.82) is 0 Å². The van der Waals surface area contributed by atoms with Crippen LogP contribution in [0.5, 0.6) is 0 Å². The molecule has 0 N–H and O–H groups in total. The number of piperidine rings is 1. The van der Waals surface area contributed by atoms with Crippen LogP contribution in [0.25, 0.3) is 0 Å². The highest BCUT2D eigenvalue weighted by Crippen LogP contribution is 2.22. The number of ether oxygens (including phenoxy) is 1. The van der Waals surface area contributed by atoms with Crippen molar-refractivity contribution in [3.05, 3.63) is 29.8 Å². The van der Waals surface area contributed by atoms with E-state index in [1.165, 1.54) is 18.5 Å². The number of hydrogen-bond acceptors (Lipinski definition) is 4. The van der Waals surface area contributed by atoms with Gasteiger partial charge in [0.25, 0.3) is 5.91 Å². The van der Waals surface area contributed by atoms with Crippen LogP contribution in [0.3, 0.4) is 0 Å². The van der Waals surface area contributed by atoms with Crippen molar-refractivity contribution >= 4 is 11.6 Å². The first-order valence-corrected chi connectivity index (χ1v) is 9.99. The number of rotatable bonds is 7. The van der Waals surface area contributed by atoms with Crippen molar-refractivity contribution in [2.75, 3.05) is 64.9 Å². The lowest BCUT2D eigenvalue weighted by atomic mass is 9.96. The molecule has 0 atom stereocenters. The van der Waals surface area contributed by atoms with Gasteiger partial charge in [-0.2, -0.15) is 0 Å². The fourth-order valence-corrected chi connectivity index (χ4v) is 4.09. The van der Waals surface area contributed by atoms with Gasteiger partial charge in [-0.25, -0.2) is 0 Å². The zero-order valence-electron chi connectivity index (χ0n) is 16.3. The number of anilines is 1. The lowest BCUT2D eigenvalue weighted by molar-refractivity contribution is 0.0724. The van der Waals surface area contributed by atoms with E-state index in [1.807, 2.05) is 24.1 Å². The Kier molecular flexibility index (Phi) is 6.92. The van der Waals surface area contributed by atoms with E-state index in [0.29, 0.717) is 5.92 Å². The van der Waals surface area contributed by atoms with Crippen LogP contribution in [0.1, 0.15) is 36.0 Å². The molecule has 5 nitrogen and oxygen atoms in total. The molecule has 0 bridgehead atoms. The Morgan fingerprint density at radius 3 is 2.38 bits per heavy atom. The molecular formula is C21H33N3O2. The van der Waals surface area contributed by atoms with Gasteiger partial charge in [0.2, 0.25) is 0 Å². The lowest BCUT2D eigenvalue weighted by Crippen LogP contribution is -2.40. The molecule has 0 aliphatic carbocycles. The van der Waals surface area contributed by atoms with Gasteiger partial charge in [-0.05, 0) is 69.0 Å². The minimum Gasteiger partial charge on any atom is -0.383 e. The highest BCUT2D eigenvalue weighted by molar-refractivity contribution is 5.94. The molecule has 2 heterocycles. The van der Waals surface area contributed by atoms with Gasteiger partial charge in [-0.3, -0.25) is 4.79 Å². The monoisotopic (exact) mass is 359 g/mol. The number of methoxy groups -OCH3 is 1. The van der Waals surface area contributed by atoms with Crippen LogP contribution >= 0.6 is 0 Å².